The number of imidazole rings is 1. The average Bonchev–Trinajstić information content (AvgIpc) is 3.77. The second-order valence-electron chi connectivity index (χ2n) is 15.1. The molecule has 9 aromatic rings. The number of nitrogens with zero attached hydrogens (tertiary/aromatic N) is 2. The number of hydrogen-bond donors (Lipinski definition) is 0. The Bertz CT molecular complexity index is 2840. The van der Waals surface area contributed by atoms with Crippen LogP contribution in [0.25, 0.3) is 82.7 Å². The normalized spacial score (nSPS) is 12.7. The number of benzene rings is 7. The van der Waals surface area contributed by atoms with Gasteiger partial charge in [0.25, 0.3) is 0 Å². The molecule has 9 rings (SSSR count). The van der Waals surface area contributed by atoms with Gasteiger partial charge in [-0.25, -0.2) is 4.98 Å². The largest absolute Gasteiger partial charge is 0.455 e. The van der Waals surface area contributed by atoms with Crippen molar-refractivity contribution >= 4 is 54.5 Å². The van der Waals surface area contributed by atoms with Gasteiger partial charge in [-0.1, -0.05) is 126 Å². The molecule has 0 spiro atoms. The summed E-state index contributed by atoms with van der Waals surface area (Å²) < 4.78 is 19.2. The van der Waals surface area contributed by atoms with E-state index in [1.165, 1.54) is 44.1 Å². The van der Waals surface area contributed by atoms with Crippen LogP contribution in [0.15, 0.2) is 132 Å². The van der Waals surface area contributed by atoms with E-state index in [1.807, 2.05) is 0 Å². The molecule has 0 aliphatic heterocycles. The summed E-state index contributed by atoms with van der Waals surface area (Å²) in [5.74, 6) is 0.587. The maximum atomic E-state index is 9.74. The number of fused-ring (bicyclic) bond motifs is 7. The number of aromatic nitrogens is 2. The molecule has 3 nitrogen and oxygen atoms in total. The first kappa shape index (κ1) is 32.0. The van der Waals surface area contributed by atoms with Crippen LogP contribution in [-0.4, -0.2) is 9.55 Å². The summed E-state index contributed by atoms with van der Waals surface area (Å²) in [4.78, 5) is 5.45. The first-order valence-electron chi connectivity index (χ1n) is 19.7. The number of para-hydroxylation sites is 2. The molecule has 0 amide bonds. The Balaban J connectivity index is 1.41. The first-order valence-corrected chi connectivity index (χ1v) is 19.2. The zero-order valence-electron chi connectivity index (χ0n) is 32.5. The van der Waals surface area contributed by atoms with Gasteiger partial charge >= 0.3 is 0 Å². The summed E-state index contributed by atoms with van der Waals surface area (Å²) in [6.07, 6.45) is 1.40. The van der Waals surface area contributed by atoms with Crippen molar-refractivity contribution < 1.29 is 5.79 Å². The van der Waals surface area contributed by atoms with E-state index in [9.17, 15) is 1.37 Å². The van der Waals surface area contributed by atoms with Crippen LogP contribution in [0.5, 0.6) is 0 Å². The van der Waals surface area contributed by atoms with Crippen LogP contribution in [0.4, 0.5) is 0 Å². The van der Waals surface area contributed by atoms with Crippen molar-refractivity contribution in [1.82, 2.24) is 9.55 Å². The van der Waals surface area contributed by atoms with Gasteiger partial charge in [0, 0.05) is 12.1 Å². The van der Waals surface area contributed by atoms with Gasteiger partial charge in [0.05, 0.1) is 22.3 Å². The predicted octanol–water partition coefficient (Wildman–Crippen LogP) is 14.7. The lowest BCUT2D eigenvalue weighted by atomic mass is 9.87. The van der Waals surface area contributed by atoms with Gasteiger partial charge in [0.15, 0.2) is 0 Å². The third-order valence-corrected chi connectivity index (χ3v) is 11.3. The molecule has 0 aliphatic carbocycles. The summed E-state index contributed by atoms with van der Waals surface area (Å²) in [5.41, 5.74) is 11.7. The van der Waals surface area contributed by atoms with Gasteiger partial charge in [-0.15, -0.1) is 0 Å². The van der Waals surface area contributed by atoms with Crippen LogP contribution in [0.1, 0.15) is 90.2 Å². The van der Waals surface area contributed by atoms with E-state index < -0.39 is 5.89 Å². The summed E-state index contributed by atoms with van der Waals surface area (Å²) in [6, 6.07) is 45.8. The molecular formula is C50H46N2O. The minimum atomic E-state index is -0.769. The van der Waals surface area contributed by atoms with Crippen LogP contribution in [0, 0.1) is 0 Å². The van der Waals surface area contributed by atoms with Gasteiger partial charge in [-0.3, -0.25) is 4.57 Å². The SMILES string of the molecule is [2H]C(CC)(CC)c1ccc(-c2nc3ccccc3n2-c2c(C(C)C)cc(-c3ccccc3)cc2C(C)C)c2oc3cc4c(ccc5ccccc54)cc3c12. The standard InChI is InChI=1S/C50H46N2O/c1-7-32(8-2)38-24-25-39(49-47(38)43-26-35-23-22-34-18-12-13-19-37(34)42(35)29-46(43)53-49)50-51-44-20-14-15-21-45(44)52(50)48-40(30(3)4)27-36(28-41(48)31(5)6)33-16-10-9-11-17-33/h9-32H,7-8H2,1-6H3/i32D. The van der Waals surface area contributed by atoms with Crippen molar-refractivity contribution in [2.75, 3.05) is 0 Å². The first-order chi connectivity index (χ1) is 26.2. The monoisotopic (exact) mass is 691 g/mol. The molecule has 0 N–H and O–H groups in total. The number of rotatable bonds is 8. The molecule has 0 aliphatic rings. The zero-order chi connectivity index (χ0) is 37.3. The van der Waals surface area contributed by atoms with E-state index in [0.29, 0.717) is 12.8 Å². The molecule has 7 aromatic carbocycles. The van der Waals surface area contributed by atoms with Crippen LogP contribution in [0.2, 0.25) is 0 Å². The van der Waals surface area contributed by atoms with E-state index >= 15 is 0 Å². The van der Waals surface area contributed by atoms with Gasteiger partial charge < -0.3 is 4.42 Å². The highest BCUT2D eigenvalue weighted by atomic mass is 16.3. The van der Waals surface area contributed by atoms with Crippen LogP contribution in [0.3, 0.4) is 0 Å². The average molecular weight is 692 g/mol. The van der Waals surface area contributed by atoms with Gasteiger partial charge in [0.2, 0.25) is 0 Å². The fourth-order valence-electron chi connectivity index (χ4n) is 8.53. The molecule has 262 valence electrons. The van der Waals surface area contributed by atoms with E-state index in [0.717, 1.165) is 55.3 Å². The maximum absolute atomic E-state index is 9.74. The van der Waals surface area contributed by atoms with E-state index in [1.54, 1.807) is 0 Å². The van der Waals surface area contributed by atoms with Crippen LogP contribution >= 0.6 is 0 Å². The molecule has 0 saturated heterocycles. The van der Waals surface area contributed by atoms with Crippen molar-refractivity contribution in [3.05, 3.63) is 144 Å². The molecule has 0 bridgehead atoms. The van der Waals surface area contributed by atoms with E-state index in [-0.39, 0.29) is 11.8 Å². The Labute approximate surface area is 313 Å². The molecule has 0 radical (unpaired) electrons. The van der Waals surface area contributed by atoms with Gasteiger partial charge in [-0.2, -0.15) is 0 Å². The second kappa shape index (κ2) is 13.1. The van der Waals surface area contributed by atoms with Crippen molar-refractivity contribution in [1.29, 1.82) is 0 Å². The molecule has 2 aromatic heterocycles. The lowest BCUT2D eigenvalue weighted by Crippen LogP contribution is -2.09. The highest BCUT2D eigenvalue weighted by Crippen LogP contribution is 2.46. The fraction of sp³-hybridized carbons (Fsp3) is 0.220. The predicted molar refractivity (Wildman–Crippen MR) is 226 cm³/mol. The van der Waals surface area contributed by atoms with Crippen molar-refractivity contribution in [3.63, 3.8) is 0 Å². The van der Waals surface area contributed by atoms with E-state index in [2.05, 4.69) is 174 Å². The molecule has 0 saturated carbocycles. The summed E-state index contributed by atoms with van der Waals surface area (Å²) in [5, 5.41) is 6.81. The quantitative estimate of drug-likeness (QED) is 0.149. The van der Waals surface area contributed by atoms with E-state index in [4.69, 9.17) is 9.40 Å². The topological polar surface area (TPSA) is 31.0 Å². The fourth-order valence-corrected chi connectivity index (χ4v) is 8.53. The Morgan fingerprint density at radius 2 is 1.30 bits per heavy atom. The van der Waals surface area contributed by atoms with Crippen LogP contribution < -0.4 is 0 Å². The maximum Gasteiger partial charge on any atom is 0.149 e. The lowest BCUT2D eigenvalue weighted by molar-refractivity contribution is 0.643. The lowest BCUT2D eigenvalue weighted by Gasteiger charge is -2.24. The highest BCUT2D eigenvalue weighted by molar-refractivity contribution is 6.18. The Hall–Kier alpha value is -5.67. The molecule has 53 heavy (non-hydrogen) atoms. The summed E-state index contributed by atoms with van der Waals surface area (Å²) in [7, 11) is 0. The molecule has 0 atom stereocenters. The Morgan fingerprint density at radius 1 is 0.623 bits per heavy atom. The zero-order valence-corrected chi connectivity index (χ0v) is 31.5. The van der Waals surface area contributed by atoms with Crippen molar-refractivity contribution in [2.24, 2.45) is 0 Å². The van der Waals surface area contributed by atoms with Crippen molar-refractivity contribution in [2.45, 2.75) is 72.1 Å². The molecule has 0 unspecified atom stereocenters. The Morgan fingerprint density at radius 3 is 2.04 bits per heavy atom. The van der Waals surface area contributed by atoms with Gasteiger partial charge in [-0.05, 0) is 122 Å². The smallest absolute Gasteiger partial charge is 0.149 e. The third-order valence-electron chi connectivity index (χ3n) is 11.3. The second-order valence-corrected chi connectivity index (χ2v) is 15.1. The third kappa shape index (κ3) is 5.36. The van der Waals surface area contributed by atoms with Crippen molar-refractivity contribution in [3.8, 4) is 28.2 Å². The minimum Gasteiger partial charge on any atom is -0.455 e. The van der Waals surface area contributed by atoms with Gasteiger partial charge in [0.1, 0.15) is 17.0 Å². The summed E-state index contributed by atoms with van der Waals surface area (Å²) >= 11 is 0. The minimum absolute atomic E-state index is 0.254. The molecule has 2 heterocycles. The molecular weight excluding hydrogens is 645 g/mol. The highest BCUT2D eigenvalue weighted by Gasteiger charge is 2.27. The summed E-state index contributed by atoms with van der Waals surface area (Å²) in [6.45, 7) is 13.4. The van der Waals surface area contributed by atoms with Crippen LogP contribution in [-0.2, 0) is 0 Å². The number of furan rings is 1. The Kier molecular flexibility index (Phi) is 7.90. The molecule has 3 heteroatoms. The number of hydrogen-bond acceptors (Lipinski definition) is 2. The molecule has 0 fully saturated rings.